The number of nitrogens with zero attached hydrogens (tertiary/aromatic N) is 2. The minimum atomic E-state index is -0.000534. The Kier molecular flexibility index (Phi) is 4.76. The molecule has 3 heteroatoms. The van der Waals surface area contributed by atoms with E-state index in [-0.39, 0.29) is 6.04 Å². The van der Waals surface area contributed by atoms with Gasteiger partial charge < -0.3 is 10.2 Å². The Morgan fingerprint density at radius 3 is 2.43 bits per heavy atom. The summed E-state index contributed by atoms with van der Waals surface area (Å²) in [5.74, 6) is 0. The molecule has 0 fully saturated rings. The molecule has 0 bridgehead atoms. The van der Waals surface area contributed by atoms with Gasteiger partial charge in [0.25, 0.3) is 0 Å². The zero-order chi connectivity index (χ0) is 15.9. The molecule has 0 amide bonds. The van der Waals surface area contributed by atoms with E-state index >= 15 is 0 Å². The van der Waals surface area contributed by atoms with Gasteiger partial charge in [-0.15, -0.1) is 0 Å². The SMILES string of the molecule is N#CC1=CN(Cc2ccccc2)C=CCC1Nc1ccccc1. The van der Waals surface area contributed by atoms with E-state index in [4.69, 9.17) is 0 Å². The maximum atomic E-state index is 9.54. The summed E-state index contributed by atoms with van der Waals surface area (Å²) in [5.41, 5.74) is 3.00. The van der Waals surface area contributed by atoms with Crippen LogP contribution < -0.4 is 5.32 Å². The first-order valence-electron chi connectivity index (χ1n) is 7.75. The molecule has 2 aromatic carbocycles. The van der Waals surface area contributed by atoms with Crippen molar-refractivity contribution in [1.29, 1.82) is 5.26 Å². The highest BCUT2D eigenvalue weighted by molar-refractivity contribution is 5.48. The molecule has 1 N–H and O–H groups in total. The second-order valence-electron chi connectivity index (χ2n) is 5.54. The normalized spacial score (nSPS) is 17.1. The number of benzene rings is 2. The van der Waals surface area contributed by atoms with Crippen molar-refractivity contribution in [3.05, 3.63) is 90.3 Å². The Morgan fingerprint density at radius 2 is 1.74 bits per heavy atom. The van der Waals surface area contributed by atoms with Crippen molar-refractivity contribution < 1.29 is 0 Å². The third kappa shape index (κ3) is 4.02. The van der Waals surface area contributed by atoms with E-state index in [1.54, 1.807) is 0 Å². The lowest BCUT2D eigenvalue weighted by molar-refractivity contribution is 0.499. The van der Waals surface area contributed by atoms with Crippen molar-refractivity contribution in [3.8, 4) is 6.07 Å². The number of nitriles is 1. The minimum Gasteiger partial charge on any atom is -0.377 e. The van der Waals surface area contributed by atoms with Gasteiger partial charge in [-0.2, -0.15) is 5.26 Å². The van der Waals surface area contributed by atoms with Crippen LogP contribution >= 0.6 is 0 Å². The molecule has 0 spiro atoms. The molecule has 2 aromatic rings. The van der Waals surface area contributed by atoms with E-state index in [1.807, 2.05) is 54.7 Å². The number of rotatable bonds is 4. The lowest BCUT2D eigenvalue weighted by Crippen LogP contribution is -2.21. The first kappa shape index (κ1) is 14.9. The smallest absolute Gasteiger partial charge is 0.0984 e. The fourth-order valence-corrected chi connectivity index (χ4v) is 2.64. The second-order valence-corrected chi connectivity index (χ2v) is 5.54. The summed E-state index contributed by atoms with van der Waals surface area (Å²) in [5, 5.41) is 13.0. The Balaban J connectivity index is 1.76. The van der Waals surface area contributed by atoms with Crippen LogP contribution in [0.5, 0.6) is 0 Å². The van der Waals surface area contributed by atoms with Gasteiger partial charge in [-0.05, 0) is 30.3 Å². The molecule has 1 aliphatic rings. The Labute approximate surface area is 137 Å². The van der Waals surface area contributed by atoms with Gasteiger partial charge >= 0.3 is 0 Å². The van der Waals surface area contributed by atoms with Gasteiger partial charge in [-0.25, -0.2) is 0 Å². The van der Waals surface area contributed by atoms with Crippen LogP contribution in [0.2, 0.25) is 0 Å². The quantitative estimate of drug-likeness (QED) is 0.915. The molecule has 0 radical (unpaired) electrons. The van der Waals surface area contributed by atoms with E-state index in [9.17, 15) is 5.26 Å². The molecule has 0 saturated heterocycles. The maximum Gasteiger partial charge on any atom is 0.0984 e. The lowest BCUT2D eigenvalue weighted by atomic mass is 10.1. The molecule has 1 aliphatic heterocycles. The van der Waals surface area contributed by atoms with Crippen LogP contribution in [-0.2, 0) is 6.54 Å². The second kappa shape index (κ2) is 7.33. The van der Waals surface area contributed by atoms with Crippen LogP contribution in [0, 0.1) is 11.3 Å². The zero-order valence-electron chi connectivity index (χ0n) is 12.9. The van der Waals surface area contributed by atoms with Crippen molar-refractivity contribution in [2.45, 2.75) is 19.0 Å². The summed E-state index contributed by atoms with van der Waals surface area (Å²) in [6.07, 6.45) is 6.90. The van der Waals surface area contributed by atoms with Crippen LogP contribution in [0.25, 0.3) is 0 Å². The van der Waals surface area contributed by atoms with Gasteiger partial charge in [0.05, 0.1) is 17.7 Å². The van der Waals surface area contributed by atoms with Crippen LogP contribution in [0.15, 0.2) is 84.7 Å². The first-order valence-corrected chi connectivity index (χ1v) is 7.75. The van der Waals surface area contributed by atoms with Crippen LogP contribution in [0.1, 0.15) is 12.0 Å². The average Bonchev–Trinajstić information content (AvgIpc) is 2.79. The summed E-state index contributed by atoms with van der Waals surface area (Å²) in [4.78, 5) is 2.07. The van der Waals surface area contributed by atoms with Crippen molar-refractivity contribution in [2.24, 2.45) is 0 Å². The maximum absolute atomic E-state index is 9.54. The number of nitrogens with one attached hydrogen (secondary N) is 1. The van der Waals surface area contributed by atoms with Crippen LogP contribution in [-0.4, -0.2) is 10.9 Å². The standard InChI is InChI=1S/C20H19N3/c21-14-18-16-23(15-17-8-3-1-4-9-17)13-7-12-20(18)22-19-10-5-2-6-11-19/h1-11,13,16,20,22H,12,15H2. The molecular weight excluding hydrogens is 282 g/mol. The number of anilines is 1. The van der Waals surface area contributed by atoms with Gasteiger partial charge in [0, 0.05) is 18.4 Å². The van der Waals surface area contributed by atoms with Gasteiger partial charge in [0.2, 0.25) is 0 Å². The predicted molar refractivity (Wildman–Crippen MR) is 93.3 cm³/mol. The van der Waals surface area contributed by atoms with Gasteiger partial charge in [0.1, 0.15) is 0 Å². The Bertz CT molecular complexity index is 726. The highest BCUT2D eigenvalue weighted by Crippen LogP contribution is 2.19. The van der Waals surface area contributed by atoms with Crippen molar-refractivity contribution in [2.75, 3.05) is 5.32 Å². The predicted octanol–water partition coefficient (Wildman–Crippen LogP) is 4.29. The monoisotopic (exact) mass is 301 g/mol. The molecule has 1 heterocycles. The van der Waals surface area contributed by atoms with Crippen LogP contribution in [0.4, 0.5) is 5.69 Å². The van der Waals surface area contributed by atoms with Gasteiger partial charge in [-0.1, -0.05) is 54.6 Å². The molecule has 0 aromatic heterocycles. The lowest BCUT2D eigenvalue weighted by Gasteiger charge is -2.18. The van der Waals surface area contributed by atoms with E-state index in [1.165, 1.54) is 5.56 Å². The summed E-state index contributed by atoms with van der Waals surface area (Å²) >= 11 is 0. The van der Waals surface area contributed by atoms with Gasteiger partial charge in [-0.3, -0.25) is 0 Å². The number of hydrogen-bond donors (Lipinski definition) is 1. The van der Waals surface area contributed by atoms with Gasteiger partial charge in [0.15, 0.2) is 0 Å². The number of para-hydroxylation sites is 1. The third-order valence-corrected chi connectivity index (χ3v) is 3.80. The molecule has 1 atom stereocenters. The third-order valence-electron chi connectivity index (χ3n) is 3.80. The van der Waals surface area contributed by atoms with Crippen molar-refractivity contribution in [3.63, 3.8) is 0 Å². The van der Waals surface area contributed by atoms with E-state index in [2.05, 4.69) is 40.7 Å². The molecule has 23 heavy (non-hydrogen) atoms. The average molecular weight is 301 g/mol. The number of hydrogen-bond acceptors (Lipinski definition) is 3. The molecule has 3 rings (SSSR count). The molecule has 1 unspecified atom stereocenters. The molecule has 3 nitrogen and oxygen atoms in total. The van der Waals surface area contributed by atoms with E-state index in [0.717, 1.165) is 24.2 Å². The summed E-state index contributed by atoms with van der Waals surface area (Å²) in [6, 6.07) is 22.6. The first-order chi connectivity index (χ1) is 11.3. The Morgan fingerprint density at radius 1 is 1.04 bits per heavy atom. The fraction of sp³-hybridized carbons (Fsp3) is 0.150. The minimum absolute atomic E-state index is 0.000534. The molecule has 0 saturated carbocycles. The summed E-state index contributed by atoms with van der Waals surface area (Å²) < 4.78 is 0. The summed E-state index contributed by atoms with van der Waals surface area (Å²) in [7, 11) is 0. The van der Waals surface area contributed by atoms with Crippen molar-refractivity contribution in [1.82, 2.24) is 4.90 Å². The zero-order valence-corrected chi connectivity index (χ0v) is 12.9. The molecule has 0 aliphatic carbocycles. The highest BCUT2D eigenvalue weighted by atomic mass is 15.1. The summed E-state index contributed by atoms with van der Waals surface area (Å²) in [6.45, 7) is 0.764. The Hall–Kier alpha value is -2.99. The van der Waals surface area contributed by atoms with Crippen LogP contribution in [0.3, 0.4) is 0 Å². The van der Waals surface area contributed by atoms with Crippen molar-refractivity contribution >= 4 is 5.69 Å². The molecular formula is C20H19N3. The van der Waals surface area contributed by atoms with E-state index < -0.39 is 0 Å². The fourth-order valence-electron chi connectivity index (χ4n) is 2.64. The van der Waals surface area contributed by atoms with E-state index in [0.29, 0.717) is 0 Å². The topological polar surface area (TPSA) is 39.1 Å². The largest absolute Gasteiger partial charge is 0.377 e. The highest BCUT2D eigenvalue weighted by Gasteiger charge is 2.16. The molecule has 114 valence electrons.